The van der Waals surface area contributed by atoms with Crippen LogP contribution < -0.4 is 14.2 Å². The smallest absolute Gasteiger partial charge is 0.258 e. The van der Waals surface area contributed by atoms with Crippen LogP contribution in [0.1, 0.15) is 29.8 Å². The van der Waals surface area contributed by atoms with Crippen LogP contribution >= 0.6 is 0 Å². The number of likely N-dealkylation sites (N-methyl/N-ethyl adjacent to an activating group) is 1. The third kappa shape index (κ3) is 6.87. The Balaban J connectivity index is 1.94. The zero-order chi connectivity index (χ0) is 25.8. The van der Waals surface area contributed by atoms with Crippen molar-refractivity contribution < 1.29 is 27.8 Å². The van der Waals surface area contributed by atoms with Crippen molar-refractivity contribution in [3.63, 3.8) is 0 Å². The molecule has 0 aromatic heterocycles. The van der Waals surface area contributed by atoms with Crippen LogP contribution in [0, 0.1) is 5.92 Å². The topological polar surface area (TPSA) is 108 Å². The van der Waals surface area contributed by atoms with Gasteiger partial charge >= 0.3 is 0 Å². The Hall–Kier alpha value is -2.82. The first-order chi connectivity index (χ1) is 16.5. The molecule has 0 saturated carbocycles. The van der Waals surface area contributed by atoms with Crippen LogP contribution in [-0.2, 0) is 16.6 Å². The molecule has 2 aromatic carbocycles. The van der Waals surface area contributed by atoms with Gasteiger partial charge in [-0.25, -0.2) is 8.42 Å². The van der Waals surface area contributed by atoms with E-state index in [1.807, 2.05) is 38.2 Å². The highest BCUT2D eigenvalue weighted by Gasteiger charge is 2.34. The van der Waals surface area contributed by atoms with Gasteiger partial charge in [-0.1, -0.05) is 25.1 Å². The highest BCUT2D eigenvalue weighted by molar-refractivity contribution is 7.92. The summed E-state index contributed by atoms with van der Waals surface area (Å²) in [5, 5.41) is 9.79. The second-order valence-electron chi connectivity index (χ2n) is 9.22. The summed E-state index contributed by atoms with van der Waals surface area (Å²) in [6.45, 7) is 5.20. The number of amides is 1. The summed E-state index contributed by atoms with van der Waals surface area (Å²) in [5.74, 6) is 0.590. The van der Waals surface area contributed by atoms with Gasteiger partial charge in [-0.05, 0) is 43.8 Å². The molecule has 0 aliphatic carbocycles. The largest absolute Gasteiger partial charge is 0.497 e. The predicted molar refractivity (Wildman–Crippen MR) is 135 cm³/mol. The van der Waals surface area contributed by atoms with Gasteiger partial charge in [0.1, 0.15) is 11.9 Å². The standard InChI is InChI=1S/C25H35N3O6S/c1-17-13-28(18(2)16-29)25(30)21-7-6-8-22(26-35(5,31)32)24(21)34-23(17)15-27(3)14-19-9-11-20(33-4)12-10-19/h6-12,17-18,23,26,29H,13-16H2,1-5H3/t17-,18+,23+/m0/s1. The van der Waals surface area contributed by atoms with Gasteiger partial charge in [0.05, 0.1) is 37.3 Å². The minimum atomic E-state index is -3.60. The third-order valence-corrected chi connectivity index (χ3v) is 6.68. The normalized spacial score (nSPS) is 19.4. The molecule has 1 heterocycles. The van der Waals surface area contributed by atoms with Gasteiger partial charge in [0.2, 0.25) is 10.0 Å². The lowest BCUT2D eigenvalue weighted by atomic mass is 9.99. The Kier molecular flexibility index (Phi) is 8.63. The first kappa shape index (κ1) is 26.8. The number of methoxy groups -OCH3 is 1. The number of rotatable bonds is 9. The number of carbonyl (C=O) groups excluding carboxylic acids is 1. The van der Waals surface area contributed by atoms with E-state index in [1.54, 1.807) is 37.1 Å². The summed E-state index contributed by atoms with van der Waals surface area (Å²) in [7, 11) is 0.0161. The minimum absolute atomic E-state index is 0.0919. The Morgan fingerprint density at radius 3 is 2.54 bits per heavy atom. The zero-order valence-corrected chi connectivity index (χ0v) is 21.7. The Morgan fingerprint density at radius 2 is 1.94 bits per heavy atom. The van der Waals surface area contributed by atoms with E-state index in [1.165, 1.54) is 0 Å². The molecule has 0 unspecified atom stereocenters. The van der Waals surface area contributed by atoms with Gasteiger partial charge in [-0.2, -0.15) is 0 Å². The van der Waals surface area contributed by atoms with Gasteiger partial charge in [0.25, 0.3) is 5.91 Å². The van der Waals surface area contributed by atoms with Crippen molar-refractivity contribution in [2.24, 2.45) is 5.92 Å². The number of para-hydroxylation sites is 1. The van der Waals surface area contributed by atoms with Gasteiger partial charge in [-0.3, -0.25) is 14.4 Å². The molecular weight excluding hydrogens is 470 g/mol. The van der Waals surface area contributed by atoms with Crippen LogP contribution in [0.5, 0.6) is 11.5 Å². The average Bonchev–Trinajstić information content (AvgIpc) is 2.80. The lowest BCUT2D eigenvalue weighted by molar-refractivity contribution is 0.0344. The summed E-state index contributed by atoms with van der Waals surface area (Å²) >= 11 is 0. The number of nitrogens with one attached hydrogen (secondary N) is 1. The summed E-state index contributed by atoms with van der Waals surface area (Å²) < 4.78 is 38.1. The number of aliphatic hydroxyl groups excluding tert-OH is 1. The van der Waals surface area contributed by atoms with Crippen molar-refractivity contribution in [1.29, 1.82) is 0 Å². The van der Waals surface area contributed by atoms with Crippen molar-refractivity contribution in [3.05, 3.63) is 53.6 Å². The number of fused-ring (bicyclic) bond motifs is 1. The monoisotopic (exact) mass is 505 g/mol. The van der Waals surface area contributed by atoms with E-state index in [4.69, 9.17) is 9.47 Å². The van der Waals surface area contributed by atoms with Crippen molar-refractivity contribution in [2.45, 2.75) is 32.5 Å². The number of aliphatic hydroxyl groups is 1. The van der Waals surface area contributed by atoms with Crippen molar-refractivity contribution in [3.8, 4) is 11.5 Å². The molecule has 35 heavy (non-hydrogen) atoms. The van der Waals surface area contributed by atoms with Crippen molar-refractivity contribution in [2.75, 3.05) is 44.8 Å². The third-order valence-electron chi connectivity index (χ3n) is 6.09. The van der Waals surface area contributed by atoms with Crippen LogP contribution in [0.15, 0.2) is 42.5 Å². The fourth-order valence-electron chi connectivity index (χ4n) is 4.16. The maximum atomic E-state index is 13.4. The number of benzene rings is 2. The van der Waals surface area contributed by atoms with Crippen LogP contribution in [0.3, 0.4) is 0 Å². The lowest BCUT2D eigenvalue weighted by Crippen LogP contribution is -2.49. The molecule has 2 aromatic rings. The molecule has 2 N–H and O–H groups in total. The molecule has 3 atom stereocenters. The molecule has 0 spiro atoms. The fourth-order valence-corrected chi connectivity index (χ4v) is 4.72. The van der Waals surface area contributed by atoms with Gasteiger partial charge in [0, 0.05) is 25.6 Å². The number of ether oxygens (including phenoxy) is 2. The lowest BCUT2D eigenvalue weighted by Gasteiger charge is -2.38. The molecular formula is C25H35N3O6S. The molecule has 10 heteroatoms. The van der Waals surface area contributed by atoms with Gasteiger partial charge in [0.15, 0.2) is 5.75 Å². The van der Waals surface area contributed by atoms with E-state index in [2.05, 4.69) is 9.62 Å². The average molecular weight is 506 g/mol. The van der Waals surface area contributed by atoms with Crippen LogP contribution in [0.2, 0.25) is 0 Å². The minimum Gasteiger partial charge on any atom is -0.497 e. The molecule has 1 aliphatic heterocycles. The van der Waals surface area contributed by atoms with E-state index < -0.39 is 16.1 Å². The first-order valence-corrected chi connectivity index (χ1v) is 13.4. The summed E-state index contributed by atoms with van der Waals surface area (Å²) in [6, 6.07) is 12.3. The molecule has 1 amide bonds. The first-order valence-electron chi connectivity index (χ1n) is 11.5. The number of anilines is 1. The van der Waals surface area contributed by atoms with E-state index in [0.29, 0.717) is 19.6 Å². The quantitative estimate of drug-likeness (QED) is 0.539. The molecule has 192 valence electrons. The second-order valence-corrected chi connectivity index (χ2v) is 11.0. The highest BCUT2D eigenvalue weighted by atomic mass is 32.2. The van der Waals surface area contributed by atoms with Gasteiger partial charge < -0.3 is 19.5 Å². The Labute approximate surface area is 207 Å². The zero-order valence-electron chi connectivity index (χ0n) is 20.9. The maximum Gasteiger partial charge on any atom is 0.258 e. The van der Waals surface area contributed by atoms with E-state index in [0.717, 1.165) is 17.6 Å². The molecule has 0 bridgehead atoms. The fraction of sp³-hybridized carbons (Fsp3) is 0.480. The van der Waals surface area contributed by atoms with E-state index in [9.17, 15) is 18.3 Å². The van der Waals surface area contributed by atoms with E-state index in [-0.39, 0.29) is 41.5 Å². The molecule has 0 fully saturated rings. The molecule has 1 aliphatic rings. The number of carbonyl (C=O) groups is 1. The van der Waals surface area contributed by atoms with E-state index >= 15 is 0 Å². The second kappa shape index (κ2) is 11.3. The summed E-state index contributed by atoms with van der Waals surface area (Å²) in [6.07, 6.45) is 0.709. The Bertz CT molecular complexity index is 1120. The molecule has 3 rings (SSSR count). The van der Waals surface area contributed by atoms with Crippen LogP contribution in [0.25, 0.3) is 0 Å². The Morgan fingerprint density at radius 1 is 1.26 bits per heavy atom. The molecule has 0 saturated heterocycles. The molecule has 0 radical (unpaired) electrons. The SMILES string of the molecule is COc1ccc(CN(C)C[C@H]2Oc3c(NS(C)(=O)=O)cccc3C(=O)N([C@H](C)CO)C[C@@H]2C)cc1. The number of sulfonamides is 1. The number of hydrogen-bond donors (Lipinski definition) is 2. The maximum absolute atomic E-state index is 13.4. The van der Waals surface area contributed by atoms with Crippen LogP contribution in [-0.4, -0.2) is 81.5 Å². The number of hydrogen-bond acceptors (Lipinski definition) is 7. The van der Waals surface area contributed by atoms with Gasteiger partial charge in [-0.15, -0.1) is 0 Å². The number of nitrogens with zero attached hydrogens (tertiary/aromatic N) is 2. The summed E-state index contributed by atoms with van der Waals surface area (Å²) in [5.41, 5.74) is 1.58. The van der Waals surface area contributed by atoms with Crippen LogP contribution in [0.4, 0.5) is 5.69 Å². The molecule has 9 nitrogen and oxygen atoms in total. The van der Waals surface area contributed by atoms with Crippen molar-refractivity contribution >= 4 is 21.6 Å². The predicted octanol–water partition coefficient (Wildman–Crippen LogP) is 2.42. The highest BCUT2D eigenvalue weighted by Crippen LogP contribution is 2.35. The summed E-state index contributed by atoms with van der Waals surface area (Å²) in [4.78, 5) is 17.2. The van der Waals surface area contributed by atoms with Crippen molar-refractivity contribution in [1.82, 2.24) is 9.80 Å².